The molecule has 0 saturated heterocycles. The van der Waals surface area contributed by atoms with Crippen LogP contribution in [-0.4, -0.2) is 20.9 Å². The molecule has 1 amide bonds. The number of carbonyl (C=O) groups excluding carboxylic acids is 1. The molecular weight excluding hydrogens is 266 g/mol. The molecule has 0 saturated carbocycles. The molecule has 3 aromatic rings. The molecule has 2 N–H and O–H groups in total. The Balaban J connectivity index is 2.14. The van der Waals surface area contributed by atoms with E-state index in [1.807, 2.05) is 60.7 Å². The van der Waals surface area contributed by atoms with Gasteiger partial charge in [-0.15, -0.1) is 0 Å². The number of rotatable bonds is 3. The average Bonchev–Trinajstić information content (AvgIpc) is 3.01. The number of amides is 1. The van der Waals surface area contributed by atoms with Gasteiger partial charge in [0.2, 0.25) is 0 Å². The van der Waals surface area contributed by atoms with Crippen molar-refractivity contribution in [2.75, 3.05) is 0 Å². The zero-order chi connectivity index (χ0) is 14.7. The Hall–Kier alpha value is -2.92. The molecule has 0 atom stereocenters. The number of hydroxylamine groups is 1. The maximum Gasteiger partial charge on any atom is 0.278 e. The van der Waals surface area contributed by atoms with E-state index in [2.05, 4.69) is 5.10 Å². The van der Waals surface area contributed by atoms with Gasteiger partial charge in [0, 0.05) is 11.8 Å². The van der Waals surface area contributed by atoms with E-state index in [0.29, 0.717) is 11.3 Å². The van der Waals surface area contributed by atoms with Gasteiger partial charge in [-0.3, -0.25) is 10.0 Å². The second-order valence-corrected chi connectivity index (χ2v) is 4.48. The number of carbonyl (C=O) groups is 1. The number of benzene rings is 2. The van der Waals surface area contributed by atoms with Gasteiger partial charge in [0.15, 0.2) is 0 Å². The highest BCUT2D eigenvalue weighted by atomic mass is 16.5. The normalized spacial score (nSPS) is 10.3. The third kappa shape index (κ3) is 2.54. The molecule has 21 heavy (non-hydrogen) atoms. The molecule has 0 radical (unpaired) electrons. The minimum Gasteiger partial charge on any atom is -0.288 e. The summed E-state index contributed by atoms with van der Waals surface area (Å²) in [5.74, 6) is -0.587. The van der Waals surface area contributed by atoms with Crippen LogP contribution in [0.3, 0.4) is 0 Å². The topological polar surface area (TPSA) is 67.2 Å². The average molecular weight is 279 g/mol. The van der Waals surface area contributed by atoms with Crippen molar-refractivity contribution in [1.29, 1.82) is 0 Å². The Morgan fingerprint density at radius 2 is 1.62 bits per heavy atom. The smallest absolute Gasteiger partial charge is 0.278 e. The van der Waals surface area contributed by atoms with Gasteiger partial charge in [-0.25, -0.2) is 10.2 Å². The molecule has 1 aromatic heterocycles. The van der Waals surface area contributed by atoms with Crippen LogP contribution >= 0.6 is 0 Å². The lowest BCUT2D eigenvalue weighted by Crippen LogP contribution is -2.18. The second-order valence-electron chi connectivity index (χ2n) is 4.48. The fourth-order valence-corrected chi connectivity index (χ4v) is 2.12. The van der Waals surface area contributed by atoms with Crippen LogP contribution in [0, 0.1) is 0 Å². The number of para-hydroxylation sites is 1. The first-order valence-corrected chi connectivity index (χ1v) is 6.44. The summed E-state index contributed by atoms with van der Waals surface area (Å²) in [4.78, 5) is 11.8. The summed E-state index contributed by atoms with van der Waals surface area (Å²) >= 11 is 0. The van der Waals surface area contributed by atoms with E-state index in [1.165, 1.54) is 0 Å². The van der Waals surface area contributed by atoms with E-state index in [0.717, 1.165) is 11.3 Å². The van der Waals surface area contributed by atoms with Crippen molar-refractivity contribution in [3.8, 4) is 16.9 Å². The van der Waals surface area contributed by atoms with Gasteiger partial charge in [0.1, 0.15) is 5.69 Å². The standard InChI is InChI=1S/C16H13N3O2/c20-16(18-21)14-11-19(13-9-5-2-6-10-13)17-15(14)12-7-3-1-4-8-12/h1-11,21H,(H,18,20). The van der Waals surface area contributed by atoms with Crippen molar-refractivity contribution in [3.63, 3.8) is 0 Å². The molecule has 1 heterocycles. The summed E-state index contributed by atoms with van der Waals surface area (Å²) in [6.07, 6.45) is 1.60. The molecule has 0 aliphatic carbocycles. The maximum absolute atomic E-state index is 11.8. The van der Waals surface area contributed by atoms with Crippen LogP contribution in [0.1, 0.15) is 10.4 Å². The molecule has 2 aromatic carbocycles. The summed E-state index contributed by atoms with van der Waals surface area (Å²) in [7, 11) is 0. The summed E-state index contributed by atoms with van der Waals surface area (Å²) in [6, 6.07) is 18.9. The van der Waals surface area contributed by atoms with Crippen molar-refractivity contribution in [1.82, 2.24) is 15.3 Å². The third-order valence-corrected chi connectivity index (χ3v) is 3.13. The summed E-state index contributed by atoms with van der Waals surface area (Å²) in [6.45, 7) is 0. The van der Waals surface area contributed by atoms with Crippen LogP contribution < -0.4 is 5.48 Å². The highest BCUT2D eigenvalue weighted by Crippen LogP contribution is 2.23. The van der Waals surface area contributed by atoms with Crippen LogP contribution in [0.15, 0.2) is 66.9 Å². The number of hydrogen-bond donors (Lipinski definition) is 2. The lowest BCUT2D eigenvalue weighted by molar-refractivity contribution is 0.0707. The monoisotopic (exact) mass is 279 g/mol. The van der Waals surface area contributed by atoms with Crippen molar-refractivity contribution in [2.45, 2.75) is 0 Å². The number of hydrogen-bond acceptors (Lipinski definition) is 3. The first-order valence-electron chi connectivity index (χ1n) is 6.44. The van der Waals surface area contributed by atoms with E-state index in [4.69, 9.17) is 5.21 Å². The van der Waals surface area contributed by atoms with Gasteiger partial charge >= 0.3 is 0 Å². The maximum atomic E-state index is 11.8. The lowest BCUT2D eigenvalue weighted by atomic mass is 10.1. The lowest BCUT2D eigenvalue weighted by Gasteiger charge is -2.00. The molecule has 5 heteroatoms. The zero-order valence-corrected chi connectivity index (χ0v) is 11.1. The third-order valence-electron chi connectivity index (χ3n) is 3.13. The minimum absolute atomic E-state index is 0.313. The molecule has 0 fully saturated rings. The Labute approximate surface area is 121 Å². The number of nitrogens with zero attached hydrogens (tertiary/aromatic N) is 2. The molecule has 3 rings (SSSR count). The predicted molar refractivity (Wildman–Crippen MR) is 78.3 cm³/mol. The molecule has 0 unspecified atom stereocenters. The van der Waals surface area contributed by atoms with Gasteiger partial charge < -0.3 is 0 Å². The summed E-state index contributed by atoms with van der Waals surface area (Å²) < 4.78 is 1.62. The highest BCUT2D eigenvalue weighted by Gasteiger charge is 2.17. The van der Waals surface area contributed by atoms with E-state index in [1.54, 1.807) is 16.4 Å². The molecule has 0 aliphatic heterocycles. The molecule has 0 bridgehead atoms. The number of aromatic nitrogens is 2. The van der Waals surface area contributed by atoms with Crippen LogP contribution in [0.5, 0.6) is 0 Å². The van der Waals surface area contributed by atoms with Gasteiger partial charge in [0.25, 0.3) is 5.91 Å². The predicted octanol–water partition coefficient (Wildman–Crippen LogP) is 2.66. The fourth-order valence-electron chi connectivity index (χ4n) is 2.12. The van der Waals surface area contributed by atoms with Crippen LogP contribution in [0.4, 0.5) is 0 Å². The van der Waals surface area contributed by atoms with Crippen LogP contribution in [0.25, 0.3) is 16.9 Å². The summed E-state index contributed by atoms with van der Waals surface area (Å²) in [5, 5.41) is 13.4. The van der Waals surface area contributed by atoms with Crippen molar-refractivity contribution >= 4 is 5.91 Å². The van der Waals surface area contributed by atoms with E-state index in [9.17, 15) is 4.79 Å². The first-order chi connectivity index (χ1) is 10.3. The van der Waals surface area contributed by atoms with Gasteiger partial charge in [-0.2, -0.15) is 5.10 Å². The summed E-state index contributed by atoms with van der Waals surface area (Å²) in [5.41, 5.74) is 4.15. The zero-order valence-electron chi connectivity index (χ0n) is 11.1. The SMILES string of the molecule is O=C(NO)c1cn(-c2ccccc2)nc1-c1ccccc1. The second kappa shape index (κ2) is 5.60. The van der Waals surface area contributed by atoms with Gasteiger partial charge in [-0.05, 0) is 12.1 Å². The highest BCUT2D eigenvalue weighted by molar-refractivity contribution is 5.99. The largest absolute Gasteiger partial charge is 0.288 e. The van der Waals surface area contributed by atoms with Gasteiger partial charge in [-0.1, -0.05) is 48.5 Å². The molecular formula is C16H13N3O2. The fraction of sp³-hybridized carbons (Fsp3) is 0. The van der Waals surface area contributed by atoms with Crippen molar-refractivity contribution in [2.24, 2.45) is 0 Å². The molecule has 0 spiro atoms. The Bertz CT molecular complexity index is 752. The van der Waals surface area contributed by atoms with E-state index in [-0.39, 0.29) is 0 Å². The molecule has 0 aliphatic rings. The first kappa shape index (κ1) is 13.1. The van der Waals surface area contributed by atoms with Crippen LogP contribution in [0.2, 0.25) is 0 Å². The Morgan fingerprint density at radius 1 is 1.00 bits per heavy atom. The van der Waals surface area contributed by atoms with Gasteiger partial charge in [0.05, 0.1) is 11.3 Å². The van der Waals surface area contributed by atoms with E-state index < -0.39 is 5.91 Å². The number of nitrogens with one attached hydrogen (secondary N) is 1. The van der Waals surface area contributed by atoms with Crippen LogP contribution in [-0.2, 0) is 0 Å². The molecule has 104 valence electrons. The quantitative estimate of drug-likeness (QED) is 0.572. The Kier molecular flexibility index (Phi) is 3.49. The minimum atomic E-state index is -0.587. The van der Waals surface area contributed by atoms with Crippen molar-refractivity contribution in [3.05, 3.63) is 72.4 Å². The van der Waals surface area contributed by atoms with E-state index >= 15 is 0 Å². The van der Waals surface area contributed by atoms with Crippen molar-refractivity contribution < 1.29 is 10.0 Å². The Morgan fingerprint density at radius 3 is 2.24 bits per heavy atom. The molecule has 5 nitrogen and oxygen atoms in total.